The van der Waals surface area contributed by atoms with E-state index in [4.69, 9.17) is 4.52 Å². The number of aromatic nitrogens is 2. The lowest BCUT2D eigenvalue weighted by molar-refractivity contribution is -0.131. The Kier molecular flexibility index (Phi) is 5.96. The first-order chi connectivity index (χ1) is 12.3. The molecule has 2 aliphatic rings. The van der Waals surface area contributed by atoms with Crippen LogP contribution in [0, 0.1) is 12.8 Å². The van der Waals surface area contributed by atoms with Gasteiger partial charge in [0.1, 0.15) is 6.04 Å². The van der Waals surface area contributed by atoms with Crippen molar-refractivity contribution in [1.29, 1.82) is 0 Å². The van der Waals surface area contributed by atoms with Crippen molar-refractivity contribution in [2.24, 2.45) is 5.92 Å². The molecule has 0 radical (unpaired) electrons. The predicted molar refractivity (Wildman–Crippen MR) is 95.7 cm³/mol. The molecule has 0 N–H and O–H groups in total. The molecular weight excluding hydrogens is 356 g/mol. The van der Waals surface area contributed by atoms with E-state index in [0.29, 0.717) is 43.6 Å². The van der Waals surface area contributed by atoms with Crippen molar-refractivity contribution in [3.8, 4) is 0 Å². The molecule has 3 rings (SSSR count). The fraction of sp³-hybridized carbons (Fsp3) is 0.824. The second kappa shape index (κ2) is 8.04. The number of amides is 1. The Hall–Kier alpha value is -1.48. The van der Waals surface area contributed by atoms with Gasteiger partial charge in [0.15, 0.2) is 5.82 Å². The summed E-state index contributed by atoms with van der Waals surface area (Å²) in [5.74, 6) is 1.57. The quantitative estimate of drug-likeness (QED) is 0.769. The molecule has 146 valence electrons. The lowest BCUT2D eigenvalue weighted by Gasteiger charge is -2.24. The van der Waals surface area contributed by atoms with Crippen molar-refractivity contribution in [3.63, 3.8) is 0 Å². The summed E-state index contributed by atoms with van der Waals surface area (Å²) in [4.78, 5) is 18.6. The number of aryl methyl sites for hydroxylation is 1. The van der Waals surface area contributed by atoms with Gasteiger partial charge in [0.2, 0.25) is 21.8 Å². The van der Waals surface area contributed by atoms with Crippen LogP contribution in [0.25, 0.3) is 0 Å². The summed E-state index contributed by atoms with van der Waals surface area (Å²) in [6.45, 7) is 2.86. The summed E-state index contributed by atoms with van der Waals surface area (Å²) in [7, 11) is -3.44. The zero-order valence-corrected chi connectivity index (χ0v) is 16.4. The first-order valence-electron chi connectivity index (χ1n) is 9.39. The molecule has 26 heavy (non-hydrogen) atoms. The molecule has 8 nitrogen and oxygen atoms in total. The van der Waals surface area contributed by atoms with Gasteiger partial charge in [-0.2, -0.15) is 9.29 Å². The van der Waals surface area contributed by atoms with Gasteiger partial charge in [0.05, 0.1) is 6.26 Å². The molecule has 0 aromatic carbocycles. The number of sulfonamides is 1. The van der Waals surface area contributed by atoms with E-state index in [1.165, 1.54) is 36.2 Å². The van der Waals surface area contributed by atoms with Crippen LogP contribution in [0.4, 0.5) is 0 Å². The largest absolute Gasteiger partial charge is 0.341 e. The average Bonchev–Trinajstić information content (AvgIpc) is 3.18. The van der Waals surface area contributed by atoms with E-state index in [0.717, 1.165) is 6.42 Å². The first-order valence-corrected chi connectivity index (χ1v) is 11.2. The van der Waals surface area contributed by atoms with Crippen LogP contribution in [0.15, 0.2) is 4.52 Å². The first kappa shape index (κ1) is 19.3. The zero-order chi connectivity index (χ0) is 18.7. The molecule has 0 bridgehead atoms. The molecule has 2 fully saturated rings. The Morgan fingerprint density at radius 3 is 2.54 bits per heavy atom. The van der Waals surface area contributed by atoms with Crippen LogP contribution in [0.1, 0.15) is 62.7 Å². The molecule has 1 atom stereocenters. The maximum atomic E-state index is 12.6. The summed E-state index contributed by atoms with van der Waals surface area (Å²) in [6.07, 6.45) is 8.14. The van der Waals surface area contributed by atoms with Gasteiger partial charge >= 0.3 is 0 Å². The van der Waals surface area contributed by atoms with Gasteiger partial charge in [0.25, 0.3) is 0 Å². The number of carbonyl (C=O) groups excluding carboxylic acids is 1. The number of nitrogens with zero attached hydrogens (tertiary/aromatic N) is 4. The highest BCUT2D eigenvalue weighted by atomic mass is 32.2. The van der Waals surface area contributed by atoms with Crippen molar-refractivity contribution >= 4 is 15.9 Å². The fourth-order valence-corrected chi connectivity index (χ4v) is 5.11. The van der Waals surface area contributed by atoms with Gasteiger partial charge in [-0.05, 0) is 25.7 Å². The molecular formula is C17H28N4O4S. The Balaban J connectivity index is 1.67. The molecule has 1 aromatic rings. The third kappa shape index (κ3) is 4.62. The molecule has 1 unspecified atom stereocenters. The van der Waals surface area contributed by atoms with Crippen LogP contribution in [0.3, 0.4) is 0 Å². The van der Waals surface area contributed by atoms with Crippen LogP contribution in [0.2, 0.25) is 0 Å². The van der Waals surface area contributed by atoms with Gasteiger partial charge < -0.3 is 9.42 Å². The summed E-state index contributed by atoms with van der Waals surface area (Å²) < 4.78 is 31.1. The van der Waals surface area contributed by atoms with E-state index >= 15 is 0 Å². The molecule has 1 saturated carbocycles. The normalized spacial score (nSPS) is 23.3. The summed E-state index contributed by atoms with van der Waals surface area (Å²) >= 11 is 0. The number of carbonyl (C=O) groups is 1. The lowest BCUT2D eigenvalue weighted by Crippen LogP contribution is -2.38. The van der Waals surface area contributed by atoms with Gasteiger partial charge in [-0.3, -0.25) is 4.79 Å². The molecule has 1 amide bonds. The molecule has 1 aliphatic heterocycles. The second-order valence-corrected chi connectivity index (χ2v) is 9.36. The van der Waals surface area contributed by atoms with Crippen molar-refractivity contribution in [2.45, 2.75) is 57.9 Å². The van der Waals surface area contributed by atoms with E-state index in [-0.39, 0.29) is 12.5 Å². The van der Waals surface area contributed by atoms with Gasteiger partial charge in [-0.25, -0.2) is 8.42 Å². The van der Waals surface area contributed by atoms with Crippen LogP contribution < -0.4 is 0 Å². The average molecular weight is 385 g/mol. The SMILES string of the molecule is Cc1noc(C2CCN(C(=O)CCC3CCCC3)CCN2S(C)(=O)=O)n1. The van der Waals surface area contributed by atoms with Crippen molar-refractivity contribution in [3.05, 3.63) is 11.7 Å². The van der Waals surface area contributed by atoms with Crippen LogP contribution in [0.5, 0.6) is 0 Å². The summed E-state index contributed by atoms with van der Waals surface area (Å²) in [5.41, 5.74) is 0. The highest BCUT2D eigenvalue weighted by Crippen LogP contribution is 2.30. The monoisotopic (exact) mass is 384 g/mol. The van der Waals surface area contributed by atoms with E-state index in [9.17, 15) is 13.2 Å². The second-order valence-electron chi connectivity index (χ2n) is 7.43. The number of rotatable bonds is 5. The minimum Gasteiger partial charge on any atom is -0.341 e. The third-order valence-electron chi connectivity index (χ3n) is 5.46. The fourth-order valence-electron chi connectivity index (χ4n) is 4.04. The molecule has 1 saturated heterocycles. The van der Waals surface area contributed by atoms with E-state index < -0.39 is 16.1 Å². The maximum absolute atomic E-state index is 12.6. The molecule has 0 spiro atoms. The standard InChI is InChI=1S/C17H28N4O4S/c1-13-18-17(25-19-13)15-9-10-20(11-12-21(15)26(2,23)24)16(22)8-7-14-5-3-4-6-14/h14-15H,3-12H2,1-2H3. The predicted octanol–water partition coefficient (Wildman–Crippen LogP) is 1.88. The minimum atomic E-state index is -3.44. The van der Waals surface area contributed by atoms with Gasteiger partial charge in [-0.15, -0.1) is 0 Å². The highest BCUT2D eigenvalue weighted by molar-refractivity contribution is 7.88. The van der Waals surface area contributed by atoms with Crippen molar-refractivity contribution < 1.29 is 17.7 Å². The Morgan fingerprint density at radius 1 is 1.19 bits per heavy atom. The molecule has 1 aliphatic carbocycles. The smallest absolute Gasteiger partial charge is 0.245 e. The molecule has 9 heteroatoms. The van der Waals surface area contributed by atoms with Crippen LogP contribution in [-0.2, 0) is 14.8 Å². The number of hydrogen-bond donors (Lipinski definition) is 0. The van der Waals surface area contributed by atoms with Crippen molar-refractivity contribution in [2.75, 3.05) is 25.9 Å². The Morgan fingerprint density at radius 2 is 1.92 bits per heavy atom. The lowest BCUT2D eigenvalue weighted by atomic mass is 10.0. The van der Waals surface area contributed by atoms with E-state index in [1.54, 1.807) is 11.8 Å². The third-order valence-corrected chi connectivity index (χ3v) is 6.75. The topological polar surface area (TPSA) is 96.6 Å². The zero-order valence-electron chi connectivity index (χ0n) is 15.6. The maximum Gasteiger partial charge on any atom is 0.245 e. The van der Waals surface area contributed by atoms with Crippen LogP contribution >= 0.6 is 0 Å². The Bertz CT molecular complexity index is 727. The number of hydrogen-bond acceptors (Lipinski definition) is 6. The minimum absolute atomic E-state index is 0.118. The van der Waals surface area contributed by atoms with Crippen LogP contribution in [-0.4, -0.2) is 59.6 Å². The molecule has 1 aromatic heterocycles. The van der Waals surface area contributed by atoms with Crippen molar-refractivity contribution in [1.82, 2.24) is 19.3 Å². The van der Waals surface area contributed by atoms with E-state index in [1.807, 2.05) is 0 Å². The Labute approximate surface area is 155 Å². The summed E-state index contributed by atoms with van der Waals surface area (Å²) in [5, 5.41) is 3.78. The van der Waals surface area contributed by atoms with Gasteiger partial charge in [-0.1, -0.05) is 30.8 Å². The summed E-state index contributed by atoms with van der Waals surface area (Å²) in [6, 6.07) is -0.515. The molecule has 2 heterocycles. The highest BCUT2D eigenvalue weighted by Gasteiger charge is 2.35. The van der Waals surface area contributed by atoms with Gasteiger partial charge in [0, 0.05) is 26.1 Å². The van der Waals surface area contributed by atoms with E-state index in [2.05, 4.69) is 10.1 Å².